The second-order valence-electron chi connectivity index (χ2n) is 6.08. The molecule has 5 nitrogen and oxygen atoms in total. The molecule has 3 aromatic rings. The van der Waals surface area contributed by atoms with Gasteiger partial charge >= 0.3 is 0 Å². The van der Waals surface area contributed by atoms with Gasteiger partial charge in [0.2, 0.25) is 5.91 Å². The fraction of sp³-hybridized carbons (Fsp3) is 0.278. The van der Waals surface area contributed by atoms with E-state index in [1.54, 1.807) is 0 Å². The Labute approximate surface area is 152 Å². The van der Waals surface area contributed by atoms with Crippen molar-refractivity contribution in [1.29, 1.82) is 0 Å². The minimum atomic E-state index is -0.154. The van der Waals surface area contributed by atoms with Crippen LogP contribution in [-0.4, -0.2) is 27.7 Å². The largest absolute Gasteiger partial charge is 0.353 e. The average molecular weight is 371 g/mol. The normalized spacial score (nSPS) is 14.0. The molecule has 1 aromatic carbocycles. The molecular weight excluding hydrogens is 354 g/mol. The topological polar surface area (TPSA) is 74.8 Å². The summed E-state index contributed by atoms with van der Waals surface area (Å²) in [5.41, 5.74) is 1.80. The van der Waals surface area contributed by atoms with Crippen molar-refractivity contribution in [2.24, 2.45) is 0 Å². The fourth-order valence-corrected chi connectivity index (χ4v) is 4.53. The highest BCUT2D eigenvalue weighted by atomic mass is 32.2. The zero-order valence-electron chi connectivity index (χ0n) is 13.7. The molecule has 1 amide bonds. The monoisotopic (exact) mass is 371 g/mol. The number of thiophene rings is 1. The number of aryl methyl sites for hydroxylation is 1. The van der Waals surface area contributed by atoms with Gasteiger partial charge < -0.3 is 10.3 Å². The van der Waals surface area contributed by atoms with Crippen LogP contribution in [0.3, 0.4) is 0 Å². The van der Waals surface area contributed by atoms with Crippen LogP contribution in [0.1, 0.15) is 17.7 Å². The van der Waals surface area contributed by atoms with Gasteiger partial charge in [0, 0.05) is 16.5 Å². The lowest BCUT2D eigenvalue weighted by Crippen LogP contribution is -2.27. The maximum Gasteiger partial charge on any atom is 0.260 e. The number of fused-ring (bicyclic) bond motifs is 1. The number of carbonyl (C=O) groups is 1. The van der Waals surface area contributed by atoms with E-state index in [0.29, 0.717) is 21.4 Å². The molecule has 1 saturated carbocycles. The van der Waals surface area contributed by atoms with E-state index in [4.69, 9.17) is 0 Å². The number of nitrogens with one attached hydrogen (secondary N) is 2. The Hall–Kier alpha value is -2.12. The van der Waals surface area contributed by atoms with Crippen LogP contribution in [0.25, 0.3) is 21.3 Å². The first-order valence-corrected chi connectivity index (χ1v) is 9.93. The number of nitrogens with zero attached hydrogens (tertiary/aromatic N) is 1. The van der Waals surface area contributed by atoms with E-state index in [9.17, 15) is 9.59 Å². The van der Waals surface area contributed by atoms with E-state index in [1.165, 1.54) is 23.1 Å². The summed E-state index contributed by atoms with van der Waals surface area (Å²) in [6.07, 6.45) is 2.13. The van der Waals surface area contributed by atoms with Gasteiger partial charge in [-0.3, -0.25) is 9.59 Å². The first kappa shape index (κ1) is 16.4. The lowest BCUT2D eigenvalue weighted by atomic mass is 10.0. The van der Waals surface area contributed by atoms with Crippen molar-refractivity contribution in [2.75, 3.05) is 5.75 Å². The van der Waals surface area contributed by atoms with Crippen molar-refractivity contribution in [3.63, 3.8) is 0 Å². The number of thioether (sulfide) groups is 1. The molecule has 1 aliphatic carbocycles. The van der Waals surface area contributed by atoms with Gasteiger partial charge in [0.05, 0.1) is 11.1 Å². The van der Waals surface area contributed by atoms with Gasteiger partial charge in [-0.1, -0.05) is 42.1 Å². The molecule has 0 bridgehead atoms. The van der Waals surface area contributed by atoms with Crippen LogP contribution in [0.2, 0.25) is 0 Å². The second-order valence-corrected chi connectivity index (χ2v) is 8.25. The number of carbonyl (C=O) groups excluding carboxylic acids is 1. The molecule has 0 saturated heterocycles. The van der Waals surface area contributed by atoms with Gasteiger partial charge in [-0.25, -0.2) is 4.98 Å². The molecule has 0 atom stereocenters. The van der Waals surface area contributed by atoms with Crippen LogP contribution in [-0.2, 0) is 4.79 Å². The third kappa shape index (κ3) is 3.48. The lowest BCUT2D eigenvalue weighted by molar-refractivity contribution is -0.118. The summed E-state index contributed by atoms with van der Waals surface area (Å²) < 4.78 is 0. The standard InChI is InChI=1S/C18H17N3O2S2/c1-10-14(11-5-3-2-4-6-11)15-16(23)20-18(21-17(15)25-10)24-9-13(22)19-12-7-8-12/h2-6,12H,7-9H2,1H3,(H,19,22)(H,20,21,23). The van der Waals surface area contributed by atoms with E-state index in [1.807, 2.05) is 37.3 Å². The van der Waals surface area contributed by atoms with Crippen molar-refractivity contribution in [3.05, 3.63) is 45.6 Å². The summed E-state index contributed by atoms with van der Waals surface area (Å²) in [5, 5.41) is 4.05. The predicted octanol–water partition coefficient (Wildman–Crippen LogP) is 3.33. The van der Waals surface area contributed by atoms with Gasteiger partial charge in [0.15, 0.2) is 5.16 Å². The van der Waals surface area contributed by atoms with Crippen LogP contribution in [0.4, 0.5) is 0 Å². The van der Waals surface area contributed by atoms with Crippen molar-refractivity contribution in [3.8, 4) is 11.1 Å². The van der Waals surface area contributed by atoms with Crippen LogP contribution in [0, 0.1) is 6.92 Å². The molecular formula is C18H17N3O2S2. The Kier molecular flexibility index (Phi) is 4.35. The van der Waals surface area contributed by atoms with Gasteiger partial charge in [0.25, 0.3) is 5.56 Å². The molecule has 0 spiro atoms. The molecule has 1 fully saturated rings. The van der Waals surface area contributed by atoms with Gasteiger partial charge in [0.1, 0.15) is 4.83 Å². The summed E-state index contributed by atoms with van der Waals surface area (Å²) in [7, 11) is 0. The number of H-pyrrole nitrogens is 1. The van der Waals surface area contributed by atoms with Crippen LogP contribution >= 0.6 is 23.1 Å². The van der Waals surface area contributed by atoms with Crippen molar-refractivity contribution < 1.29 is 4.79 Å². The maximum atomic E-state index is 12.6. The Morgan fingerprint density at radius 3 is 2.84 bits per heavy atom. The van der Waals surface area contributed by atoms with Gasteiger partial charge in [-0.2, -0.15) is 0 Å². The molecule has 7 heteroatoms. The molecule has 2 N–H and O–H groups in total. The molecule has 2 heterocycles. The molecule has 0 radical (unpaired) electrons. The first-order chi connectivity index (χ1) is 12.1. The summed E-state index contributed by atoms with van der Waals surface area (Å²) in [6.45, 7) is 2.00. The number of aromatic nitrogens is 2. The highest BCUT2D eigenvalue weighted by Crippen LogP contribution is 2.35. The zero-order valence-corrected chi connectivity index (χ0v) is 15.3. The summed E-state index contributed by atoms with van der Waals surface area (Å²) in [4.78, 5) is 33.6. The Balaban J connectivity index is 1.64. The Morgan fingerprint density at radius 1 is 1.36 bits per heavy atom. The van der Waals surface area contributed by atoms with Crippen molar-refractivity contribution >= 4 is 39.2 Å². The molecule has 128 valence electrons. The van der Waals surface area contributed by atoms with Crippen LogP contribution < -0.4 is 10.9 Å². The summed E-state index contributed by atoms with van der Waals surface area (Å²) >= 11 is 2.78. The molecule has 4 rings (SSSR count). The predicted molar refractivity (Wildman–Crippen MR) is 102 cm³/mol. The van der Waals surface area contributed by atoms with Crippen molar-refractivity contribution in [1.82, 2.24) is 15.3 Å². The van der Waals surface area contributed by atoms with E-state index >= 15 is 0 Å². The zero-order chi connectivity index (χ0) is 17.4. The number of rotatable bonds is 5. The highest BCUT2D eigenvalue weighted by molar-refractivity contribution is 7.99. The number of hydrogen-bond donors (Lipinski definition) is 2. The number of aromatic amines is 1. The molecule has 0 aliphatic heterocycles. The third-order valence-electron chi connectivity index (χ3n) is 4.06. The Bertz CT molecular complexity index is 991. The molecule has 2 aromatic heterocycles. The van der Waals surface area contributed by atoms with E-state index < -0.39 is 0 Å². The van der Waals surface area contributed by atoms with Crippen LogP contribution in [0.15, 0.2) is 40.3 Å². The van der Waals surface area contributed by atoms with Gasteiger partial charge in [-0.05, 0) is 25.3 Å². The van der Waals surface area contributed by atoms with E-state index in [2.05, 4.69) is 15.3 Å². The molecule has 25 heavy (non-hydrogen) atoms. The number of amides is 1. The van der Waals surface area contributed by atoms with E-state index in [-0.39, 0.29) is 17.2 Å². The minimum absolute atomic E-state index is 0.0115. The van der Waals surface area contributed by atoms with Crippen LogP contribution in [0.5, 0.6) is 0 Å². The van der Waals surface area contributed by atoms with E-state index in [0.717, 1.165) is 28.8 Å². The SMILES string of the molecule is Cc1sc2nc(SCC(=O)NC3CC3)[nH]c(=O)c2c1-c1ccccc1. The van der Waals surface area contributed by atoms with Gasteiger partial charge in [-0.15, -0.1) is 11.3 Å². The Morgan fingerprint density at radius 2 is 2.12 bits per heavy atom. The quantitative estimate of drug-likeness (QED) is 0.533. The average Bonchev–Trinajstić information content (AvgIpc) is 3.34. The maximum absolute atomic E-state index is 12.6. The minimum Gasteiger partial charge on any atom is -0.353 e. The highest BCUT2D eigenvalue weighted by Gasteiger charge is 2.23. The first-order valence-electron chi connectivity index (χ1n) is 8.13. The molecule has 0 unspecified atom stereocenters. The summed E-state index contributed by atoms with van der Waals surface area (Å²) in [5.74, 6) is 0.253. The number of hydrogen-bond acceptors (Lipinski definition) is 5. The lowest BCUT2D eigenvalue weighted by Gasteiger charge is -2.04. The second kappa shape index (κ2) is 6.65. The smallest absolute Gasteiger partial charge is 0.260 e. The third-order valence-corrected chi connectivity index (χ3v) is 5.93. The number of benzene rings is 1. The molecule has 1 aliphatic rings. The summed E-state index contributed by atoms with van der Waals surface area (Å²) in [6, 6.07) is 10.2. The van der Waals surface area contributed by atoms with Crippen molar-refractivity contribution in [2.45, 2.75) is 31.0 Å². The fourth-order valence-electron chi connectivity index (χ4n) is 2.75.